The highest BCUT2D eigenvalue weighted by Crippen LogP contribution is 2.21. The van der Waals surface area contributed by atoms with Crippen molar-refractivity contribution in [2.45, 2.75) is 0 Å². The highest BCUT2D eigenvalue weighted by molar-refractivity contribution is 5.77. The fourth-order valence-corrected chi connectivity index (χ4v) is 0.984. The lowest BCUT2D eigenvalue weighted by molar-refractivity contribution is 0.112. The van der Waals surface area contributed by atoms with Crippen molar-refractivity contribution in [1.82, 2.24) is 0 Å². The SMILES string of the molecule is COCCOc1cc(C=O)ccc1N. The second-order valence-electron chi connectivity index (χ2n) is 2.76. The lowest BCUT2D eigenvalue weighted by atomic mass is 10.2. The van der Waals surface area contributed by atoms with E-state index < -0.39 is 0 Å². The molecule has 0 fully saturated rings. The summed E-state index contributed by atoms with van der Waals surface area (Å²) in [5.41, 5.74) is 6.71. The molecular weight excluding hydrogens is 182 g/mol. The lowest BCUT2D eigenvalue weighted by Crippen LogP contribution is -2.06. The van der Waals surface area contributed by atoms with Crippen molar-refractivity contribution < 1.29 is 14.3 Å². The number of rotatable bonds is 5. The molecule has 0 atom stereocenters. The van der Waals surface area contributed by atoms with E-state index in [9.17, 15) is 4.79 Å². The number of anilines is 1. The predicted octanol–water partition coefficient (Wildman–Crippen LogP) is 1.11. The zero-order valence-corrected chi connectivity index (χ0v) is 8.03. The first-order valence-corrected chi connectivity index (χ1v) is 4.24. The molecule has 0 amide bonds. The molecule has 0 saturated heterocycles. The zero-order chi connectivity index (χ0) is 10.4. The number of ether oxygens (including phenoxy) is 2. The summed E-state index contributed by atoms with van der Waals surface area (Å²) in [5.74, 6) is 0.520. The standard InChI is InChI=1S/C10H13NO3/c1-13-4-5-14-10-6-8(7-12)2-3-9(10)11/h2-3,6-7H,4-5,11H2,1H3. The molecule has 76 valence electrons. The Labute approximate surface area is 82.6 Å². The van der Waals surface area contributed by atoms with Gasteiger partial charge in [-0.2, -0.15) is 0 Å². The van der Waals surface area contributed by atoms with Crippen LogP contribution in [0.5, 0.6) is 5.75 Å². The highest BCUT2D eigenvalue weighted by atomic mass is 16.5. The number of methoxy groups -OCH3 is 1. The van der Waals surface area contributed by atoms with Crippen LogP contribution in [0.4, 0.5) is 5.69 Å². The predicted molar refractivity (Wildman–Crippen MR) is 53.6 cm³/mol. The first-order valence-electron chi connectivity index (χ1n) is 4.24. The lowest BCUT2D eigenvalue weighted by Gasteiger charge is -2.08. The van der Waals surface area contributed by atoms with Gasteiger partial charge in [-0.1, -0.05) is 0 Å². The van der Waals surface area contributed by atoms with Crippen molar-refractivity contribution in [1.29, 1.82) is 0 Å². The van der Waals surface area contributed by atoms with Crippen LogP contribution < -0.4 is 10.5 Å². The molecule has 0 aliphatic heterocycles. The maximum atomic E-state index is 10.5. The van der Waals surface area contributed by atoms with Crippen molar-refractivity contribution in [3.05, 3.63) is 23.8 Å². The molecule has 0 bridgehead atoms. The summed E-state index contributed by atoms with van der Waals surface area (Å²) >= 11 is 0. The molecule has 0 spiro atoms. The van der Waals surface area contributed by atoms with Crippen LogP contribution in [0, 0.1) is 0 Å². The zero-order valence-electron chi connectivity index (χ0n) is 8.03. The van der Waals surface area contributed by atoms with Gasteiger partial charge < -0.3 is 15.2 Å². The summed E-state index contributed by atoms with van der Waals surface area (Å²) in [6.45, 7) is 0.910. The van der Waals surface area contributed by atoms with Crippen molar-refractivity contribution in [3.8, 4) is 5.75 Å². The van der Waals surface area contributed by atoms with Crippen molar-refractivity contribution >= 4 is 12.0 Å². The van der Waals surface area contributed by atoms with Crippen LogP contribution >= 0.6 is 0 Å². The molecular formula is C10H13NO3. The van der Waals surface area contributed by atoms with E-state index in [0.717, 1.165) is 6.29 Å². The van der Waals surface area contributed by atoms with Gasteiger partial charge in [0.25, 0.3) is 0 Å². The fourth-order valence-electron chi connectivity index (χ4n) is 0.984. The smallest absolute Gasteiger partial charge is 0.150 e. The average Bonchev–Trinajstić information content (AvgIpc) is 2.21. The van der Waals surface area contributed by atoms with Crippen molar-refractivity contribution in [2.75, 3.05) is 26.1 Å². The normalized spacial score (nSPS) is 9.79. The molecule has 1 rings (SSSR count). The van der Waals surface area contributed by atoms with E-state index in [1.807, 2.05) is 0 Å². The Morgan fingerprint density at radius 3 is 2.86 bits per heavy atom. The molecule has 2 N–H and O–H groups in total. The summed E-state index contributed by atoms with van der Waals surface area (Å²) in [4.78, 5) is 10.5. The Balaban J connectivity index is 2.68. The van der Waals surface area contributed by atoms with E-state index in [1.54, 1.807) is 25.3 Å². The second kappa shape index (κ2) is 5.24. The molecule has 0 aliphatic rings. The first kappa shape index (κ1) is 10.5. The number of nitrogens with two attached hydrogens (primary N) is 1. The van der Waals surface area contributed by atoms with E-state index >= 15 is 0 Å². The molecule has 0 unspecified atom stereocenters. The molecule has 14 heavy (non-hydrogen) atoms. The Hall–Kier alpha value is -1.55. The Kier molecular flexibility index (Phi) is 3.94. The van der Waals surface area contributed by atoms with Gasteiger partial charge in [-0.15, -0.1) is 0 Å². The second-order valence-corrected chi connectivity index (χ2v) is 2.76. The highest BCUT2D eigenvalue weighted by Gasteiger charge is 2.01. The van der Waals surface area contributed by atoms with Gasteiger partial charge in [0.2, 0.25) is 0 Å². The molecule has 0 radical (unpaired) electrons. The number of carbonyl (C=O) groups is 1. The van der Waals surface area contributed by atoms with Gasteiger partial charge in [0.1, 0.15) is 18.6 Å². The minimum absolute atomic E-state index is 0.420. The van der Waals surface area contributed by atoms with Crippen LogP contribution in [0.25, 0.3) is 0 Å². The maximum Gasteiger partial charge on any atom is 0.150 e. The molecule has 0 aliphatic carbocycles. The third kappa shape index (κ3) is 2.74. The number of carbonyl (C=O) groups excluding carboxylic acids is 1. The number of hydrogen-bond donors (Lipinski definition) is 1. The maximum absolute atomic E-state index is 10.5. The quantitative estimate of drug-likeness (QED) is 0.434. The van der Waals surface area contributed by atoms with Gasteiger partial charge >= 0.3 is 0 Å². The molecule has 1 aromatic rings. The summed E-state index contributed by atoms with van der Waals surface area (Å²) in [6.07, 6.45) is 0.753. The van der Waals surface area contributed by atoms with E-state index in [4.69, 9.17) is 15.2 Å². The average molecular weight is 195 g/mol. The summed E-state index contributed by atoms with van der Waals surface area (Å²) < 4.78 is 10.1. The first-order chi connectivity index (χ1) is 6.77. The minimum Gasteiger partial charge on any atom is -0.489 e. The molecule has 0 aromatic heterocycles. The van der Waals surface area contributed by atoms with Gasteiger partial charge in [0.05, 0.1) is 12.3 Å². The molecule has 0 heterocycles. The van der Waals surface area contributed by atoms with Crippen LogP contribution in [-0.4, -0.2) is 26.6 Å². The van der Waals surface area contributed by atoms with Gasteiger partial charge in [0, 0.05) is 12.7 Å². The molecule has 4 heteroatoms. The Morgan fingerprint density at radius 1 is 1.43 bits per heavy atom. The van der Waals surface area contributed by atoms with E-state index in [-0.39, 0.29) is 0 Å². The summed E-state index contributed by atoms with van der Waals surface area (Å²) in [5, 5.41) is 0. The van der Waals surface area contributed by atoms with Gasteiger partial charge in [-0.05, 0) is 18.2 Å². The van der Waals surface area contributed by atoms with Crippen molar-refractivity contribution in [2.24, 2.45) is 0 Å². The van der Waals surface area contributed by atoms with E-state index in [2.05, 4.69) is 0 Å². The van der Waals surface area contributed by atoms with Crippen LogP contribution in [0.1, 0.15) is 10.4 Å². The Bertz CT molecular complexity index is 312. The summed E-state index contributed by atoms with van der Waals surface area (Å²) in [6, 6.07) is 4.90. The van der Waals surface area contributed by atoms with Crippen molar-refractivity contribution in [3.63, 3.8) is 0 Å². The number of benzene rings is 1. The topological polar surface area (TPSA) is 61.5 Å². The minimum atomic E-state index is 0.420. The number of hydrogen-bond acceptors (Lipinski definition) is 4. The Morgan fingerprint density at radius 2 is 2.21 bits per heavy atom. The van der Waals surface area contributed by atoms with E-state index in [0.29, 0.717) is 30.2 Å². The third-order valence-electron chi connectivity index (χ3n) is 1.72. The van der Waals surface area contributed by atoms with Crippen LogP contribution in [0.2, 0.25) is 0 Å². The fraction of sp³-hybridized carbons (Fsp3) is 0.300. The van der Waals surface area contributed by atoms with Gasteiger partial charge in [-0.3, -0.25) is 4.79 Å². The van der Waals surface area contributed by atoms with Crippen LogP contribution in [0.15, 0.2) is 18.2 Å². The van der Waals surface area contributed by atoms with E-state index in [1.165, 1.54) is 0 Å². The monoisotopic (exact) mass is 195 g/mol. The number of aldehydes is 1. The van der Waals surface area contributed by atoms with Gasteiger partial charge in [-0.25, -0.2) is 0 Å². The molecule has 4 nitrogen and oxygen atoms in total. The van der Waals surface area contributed by atoms with Gasteiger partial charge in [0.15, 0.2) is 0 Å². The number of nitrogen functional groups attached to an aromatic ring is 1. The third-order valence-corrected chi connectivity index (χ3v) is 1.72. The van der Waals surface area contributed by atoms with Crippen LogP contribution in [0.3, 0.4) is 0 Å². The summed E-state index contributed by atoms with van der Waals surface area (Å²) in [7, 11) is 1.59. The largest absolute Gasteiger partial charge is 0.489 e. The molecule has 1 aromatic carbocycles. The van der Waals surface area contributed by atoms with Crippen LogP contribution in [-0.2, 0) is 4.74 Å². The molecule has 0 saturated carbocycles.